The Morgan fingerprint density at radius 1 is 1.18 bits per heavy atom. The lowest BCUT2D eigenvalue weighted by atomic mass is 9.94. The summed E-state index contributed by atoms with van der Waals surface area (Å²) in [5.41, 5.74) is 2.13. The largest absolute Gasteiger partial charge is 0.0645 e. The first kappa shape index (κ1) is 6.90. The summed E-state index contributed by atoms with van der Waals surface area (Å²) in [5.74, 6) is 0. The molecule has 0 N–H and O–H groups in total. The molecular weight excluding hydrogens is 132 g/mol. The number of rotatable bonds is 2. The molecule has 2 rings (SSSR count). The predicted octanol–water partition coefficient (Wildman–Crippen LogP) is 3.13. The van der Waals surface area contributed by atoms with Crippen molar-refractivity contribution in [2.45, 2.75) is 31.6 Å². The Labute approximate surface area is 68.3 Å². The van der Waals surface area contributed by atoms with E-state index in [0.29, 0.717) is 5.41 Å². The van der Waals surface area contributed by atoms with Gasteiger partial charge in [0.2, 0.25) is 0 Å². The summed E-state index contributed by atoms with van der Waals surface area (Å²) >= 11 is 0. The lowest BCUT2D eigenvalue weighted by Gasteiger charge is -2.11. The summed E-state index contributed by atoms with van der Waals surface area (Å²) in [4.78, 5) is 0. The summed E-state index contributed by atoms with van der Waals surface area (Å²) in [6, 6.07) is 10.9. The van der Waals surface area contributed by atoms with E-state index in [4.69, 9.17) is 0 Å². The van der Waals surface area contributed by atoms with Gasteiger partial charge in [0.1, 0.15) is 0 Å². The molecule has 58 valence electrons. The van der Waals surface area contributed by atoms with E-state index in [1.165, 1.54) is 19.3 Å². The Kier molecular flexibility index (Phi) is 1.49. The average molecular weight is 146 g/mol. The molecule has 0 bridgehead atoms. The minimum absolute atomic E-state index is 0.585. The van der Waals surface area contributed by atoms with Crippen molar-refractivity contribution in [1.82, 2.24) is 0 Å². The van der Waals surface area contributed by atoms with E-state index in [1.54, 1.807) is 5.56 Å². The van der Waals surface area contributed by atoms with Crippen LogP contribution in [0.1, 0.15) is 31.7 Å². The molecule has 0 unspecified atom stereocenters. The summed E-state index contributed by atoms with van der Waals surface area (Å²) in [7, 11) is 0. The molecule has 1 saturated carbocycles. The van der Waals surface area contributed by atoms with E-state index in [1.807, 2.05) is 0 Å². The Bertz CT molecular complexity index is 231. The highest BCUT2D eigenvalue weighted by molar-refractivity contribution is 5.30. The van der Waals surface area contributed by atoms with Crippen LogP contribution in [-0.4, -0.2) is 0 Å². The van der Waals surface area contributed by atoms with Crippen LogP contribution in [0.25, 0.3) is 0 Å². The highest BCUT2D eigenvalue weighted by Crippen LogP contribution is 2.50. The monoisotopic (exact) mass is 146 g/mol. The molecule has 0 radical (unpaired) electrons. The molecule has 0 atom stereocenters. The summed E-state index contributed by atoms with van der Waals surface area (Å²) in [6.07, 6.45) is 4.10. The van der Waals surface area contributed by atoms with Crippen LogP contribution in [0.15, 0.2) is 30.3 Å². The van der Waals surface area contributed by atoms with Gasteiger partial charge in [-0.3, -0.25) is 0 Å². The molecule has 0 saturated heterocycles. The zero-order valence-electron chi connectivity index (χ0n) is 7.01. The number of hydrogen-bond acceptors (Lipinski definition) is 0. The molecule has 1 fully saturated rings. The zero-order valence-corrected chi connectivity index (χ0v) is 7.01. The van der Waals surface area contributed by atoms with E-state index in [0.717, 1.165) is 0 Å². The molecule has 0 heterocycles. The smallest absolute Gasteiger partial charge is 0.00489 e. The molecule has 1 aromatic carbocycles. The van der Waals surface area contributed by atoms with Crippen molar-refractivity contribution in [2.75, 3.05) is 0 Å². The second-order valence-corrected chi connectivity index (χ2v) is 3.50. The van der Waals surface area contributed by atoms with Gasteiger partial charge in [-0.15, -0.1) is 0 Å². The van der Waals surface area contributed by atoms with Gasteiger partial charge in [0.25, 0.3) is 0 Å². The van der Waals surface area contributed by atoms with Crippen LogP contribution in [0.4, 0.5) is 0 Å². The summed E-state index contributed by atoms with van der Waals surface area (Å²) in [5, 5.41) is 0. The number of hydrogen-bond donors (Lipinski definition) is 0. The SMILES string of the molecule is CCC1(c2ccccc2)CC1. The van der Waals surface area contributed by atoms with Crippen molar-refractivity contribution in [1.29, 1.82) is 0 Å². The van der Waals surface area contributed by atoms with Crippen LogP contribution in [-0.2, 0) is 5.41 Å². The van der Waals surface area contributed by atoms with Crippen LogP contribution in [0.3, 0.4) is 0 Å². The Balaban J connectivity index is 2.30. The highest BCUT2D eigenvalue weighted by atomic mass is 14.5. The minimum atomic E-state index is 0.585. The highest BCUT2D eigenvalue weighted by Gasteiger charge is 2.41. The first-order chi connectivity index (χ1) is 5.37. The quantitative estimate of drug-likeness (QED) is 0.601. The molecular formula is C11H14. The summed E-state index contributed by atoms with van der Waals surface area (Å²) in [6.45, 7) is 2.29. The normalized spacial score (nSPS) is 19.7. The zero-order chi connectivity index (χ0) is 7.73. The van der Waals surface area contributed by atoms with Crippen LogP contribution in [0.2, 0.25) is 0 Å². The van der Waals surface area contributed by atoms with Gasteiger partial charge in [-0.25, -0.2) is 0 Å². The lowest BCUT2D eigenvalue weighted by Crippen LogP contribution is -2.02. The van der Waals surface area contributed by atoms with Crippen molar-refractivity contribution in [3.8, 4) is 0 Å². The van der Waals surface area contributed by atoms with Gasteiger partial charge in [0, 0.05) is 0 Å². The first-order valence-electron chi connectivity index (χ1n) is 4.43. The Morgan fingerprint density at radius 2 is 1.82 bits per heavy atom. The second kappa shape index (κ2) is 2.37. The molecule has 0 nitrogen and oxygen atoms in total. The van der Waals surface area contributed by atoms with Crippen LogP contribution in [0, 0.1) is 0 Å². The molecule has 1 aromatic rings. The fourth-order valence-electron chi connectivity index (χ4n) is 1.79. The Hall–Kier alpha value is -0.780. The molecule has 0 amide bonds. The van der Waals surface area contributed by atoms with Crippen molar-refractivity contribution < 1.29 is 0 Å². The third-order valence-electron chi connectivity index (χ3n) is 2.92. The van der Waals surface area contributed by atoms with Gasteiger partial charge in [-0.2, -0.15) is 0 Å². The van der Waals surface area contributed by atoms with Crippen molar-refractivity contribution in [3.05, 3.63) is 35.9 Å². The Morgan fingerprint density at radius 3 is 2.27 bits per heavy atom. The van der Waals surface area contributed by atoms with E-state index < -0.39 is 0 Å². The predicted molar refractivity (Wildman–Crippen MR) is 47.6 cm³/mol. The fourth-order valence-corrected chi connectivity index (χ4v) is 1.79. The van der Waals surface area contributed by atoms with Crippen molar-refractivity contribution in [2.24, 2.45) is 0 Å². The third-order valence-corrected chi connectivity index (χ3v) is 2.92. The maximum Gasteiger partial charge on any atom is -0.00489 e. The molecule has 0 aromatic heterocycles. The third kappa shape index (κ3) is 1.07. The van der Waals surface area contributed by atoms with Crippen LogP contribution < -0.4 is 0 Å². The van der Waals surface area contributed by atoms with Gasteiger partial charge in [-0.1, -0.05) is 37.3 Å². The number of benzene rings is 1. The van der Waals surface area contributed by atoms with E-state index in [-0.39, 0.29) is 0 Å². The van der Waals surface area contributed by atoms with Crippen LogP contribution in [0.5, 0.6) is 0 Å². The molecule has 1 aliphatic carbocycles. The van der Waals surface area contributed by atoms with Crippen LogP contribution >= 0.6 is 0 Å². The topological polar surface area (TPSA) is 0 Å². The molecule has 1 aliphatic rings. The first-order valence-corrected chi connectivity index (χ1v) is 4.43. The molecule has 0 heteroatoms. The summed E-state index contributed by atoms with van der Waals surface area (Å²) < 4.78 is 0. The second-order valence-electron chi connectivity index (χ2n) is 3.50. The van der Waals surface area contributed by atoms with Gasteiger partial charge in [0.15, 0.2) is 0 Å². The van der Waals surface area contributed by atoms with Gasteiger partial charge < -0.3 is 0 Å². The standard InChI is InChI=1S/C11H14/c1-2-11(8-9-11)10-6-4-3-5-7-10/h3-7H,2,8-9H2,1H3. The maximum atomic E-state index is 2.29. The average Bonchev–Trinajstić information content (AvgIpc) is 2.86. The maximum absolute atomic E-state index is 2.29. The lowest BCUT2D eigenvalue weighted by molar-refractivity contribution is 0.664. The molecule has 0 aliphatic heterocycles. The van der Waals surface area contributed by atoms with Gasteiger partial charge >= 0.3 is 0 Å². The minimum Gasteiger partial charge on any atom is -0.0645 e. The van der Waals surface area contributed by atoms with E-state index >= 15 is 0 Å². The van der Waals surface area contributed by atoms with E-state index in [9.17, 15) is 0 Å². The molecule has 0 spiro atoms. The van der Waals surface area contributed by atoms with Gasteiger partial charge in [0.05, 0.1) is 0 Å². The molecule has 11 heavy (non-hydrogen) atoms. The fraction of sp³-hybridized carbons (Fsp3) is 0.455. The van der Waals surface area contributed by atoms with Crippen molar-refractivity contribution >= 4 is 0 Å². The van der Waals surface area contributed by atoms with Crippen molar-refractivity contribution in [3.63, 3.8) is 0 Å². The van der Waals surface area contributed by atoms with Gasteiger partial charge in [-0.05, 0) is 30.2 Å². The van der Waals surface area contributed by atoms with E-state index in [2.05, 4.69) is 37.3 Å².